The van der Waals surface area contributed by atoms with Crippen LogP contribution in [0.5, 0.6) is 0 Å². The molecule has 0 bridgehead atoms. The van der Waals surface area contributed by atoms with Crippen molar-refractivity contribution in [3.63, 3.8) is 0 Å². The molecule has 0 heterocycles. The molecule has 0 radical (unpaired) electrons. The molecule has 2 aliphatic carbocycles. The van der Waals surface area contributed by atoms with E-state index in [1.165, 1.54) is 12.1 Å². The van der Waals surface area contributed by atoms with Gasteiger partial charge in [-0.05, 0) is 64.1 Å². The standard InChI is InChI=1S/C26H17F3O/c1-16-20-13-12-19(26(27,28)29)15-22(20)25(24(16)18-8-3-2-4-9-18)21-10-6-5-7-17(21)11-14-23(25)30/h2-15H,1H3. The van der Waals surface area contributed by atoms with Crippen molar-refractivity contribution in [3.05, 3.63) is 112 Å². The highest BCUT2D eigenvalue weighted by Gasteiger charge is 2.53. The van der Waals surface area contributed by atoms with Crippen LogP contribution in [0.15, 0.2) is 78.9 Å². The second kappa shape index (κ2) is 6.30. The number of hydrogen-bond donors (Lipinski definition) is 0. The first-order valence-electron chi connectivity index (χ1n) is 9.66. The minimum Gasteiger partial charge on any atom is -0.293 e. The molecule has 0 N–H and O–H groups in total. The number of fused-ring (bicyclic) bond motifs is 4. The Bertz CT molecular complexity index is 1250. The maximum atomic E-state index is 13.6. The van der Waals surface area contributed by atoms with E-state index in [9.17, 15) is 18.0 Å². The third-order valence-corrected chi connectivity index (χ3v) is 6.12. The van der Waals surface area contributed by atoms with Gasteiger partial charge in [-0.1, -0.05) is 66.7 Å². The number of rotatable bonds is 1. The number of allylic oxidation sites excluding steroid dienone is 3. The monoisotopic (exact) mass is 402 g/mol. The molecule has 1 spiro atoms. The summed E-state index contributed by atoms with van der Waals surface area (Å²) in [6.07, 6.45) is -1.26. The maximum Gasteiger partial charge on any atom is 0.416 e. The lowest BCUT2D eigenvalue weighted by Crippen LogP contribution is -2.38. The summed E-state index contributed by atoms with van der Waals surface area (Å²) < 4.78 is 40.8. The first-order chi connectivity index (χ1) is 14.3. The third kappa shape index (κ3) is 2.40. The Morgan fingerprint density at radius 3 is 2.23 bits per heavy atom. The summed E-state index contributed by atoms with van der Waals surface area (Å²) in [6, 6.07) is 20.6. The van der Waals surface area contributed by atoms with Crippen molar-refractivity contribution >= 4 is 23.0 Å². The van der Waals surface area contributed by atoms with Gasteiger partial charge >= 0.3 is 6.18 Å². The molecule has 1 unspecified atom stereocenters. The van der Waals surface area contributed by atoms with Crippen LogP contribution >= 0.6 is 0 Å². The van der Waals surface area contributed by atoms with Crippen molar-refractivity contribution in [2.75, 3.05) is 0 Å². The van der Waals surface area contributed by atoms with Crippen LogP contribution in [0.3, 0.4) is 0 Å². The maximum absolute atomic E-state index is 13.6. The highest BCUT2D eigenvalue weighted by Crippen LogP contribution is 2.57. The summed E-state index contributed by atoms with van der Waals surface area (Å²) in [5, 5.41) is 0. The summed E-state index contributed by atoms with van der Waals surface area (Å²) in [5.41, 5.74) is 2.99. The second-order valence-electron chi connectivity index (χ2n) is 7.66. The van der Waals surface area contributed by atoms with Gasteiger partial charge in [0.05, 0.1) is 5.56 Å². The molecule has 0 saturated heterocycles. The number of carbonyl (C=O) groups is 1. The van der Waals surface area contributed by atoms with Crippen LogP contribution in [0, 0.1) is 0 Å². The minimum absolute atomic E-state index is 0.225. The molecule has 5 rings (SSSR count). The fraction of sp³-hybridized carbons (Fsp3) is 0.115. The summed E-state index contributed by atoms with van der Waals surface area (Å²) in [5.74, 6) is -0.225. The Morgan fingerprint density at radius 2 is 1.50 bits per heavy atom. The number of hydrogen-bond acceptors (Lipinski definition) is 1. The molecule has 1 nitrogen and oxygen atoms in total. The van der Waals surface area contributed by atoms with E-state index in [0.717, 1.165) is 34.4 Å². The zero-order valence-corrected chi connectivity index (χ0v) is 16.1. The molecule has 30 heavy (non-hydrogen) atoms. The van der Waals surface area contributed by atoms with Crippen LogP contribution in [0.25, 0.3) is 17.2 Å². The number of benzene rings is 3. The average molecular weight is 402 g/mol. The van der Waals surface area contributed by atoms with Gasteiger partial charge in [0.2, 0.25) is 0 Å². The SMILES string of the molecule is CC1=C(c2ccccc2)C2(C(=O)C=Cc3ccccc32)c2cc(C(F)(F)F)ccc21. The Labute approximate surface area is 172 Å². The Morgan fingerprint density at radius 1 is 0.800 bits per heavy atom. The lowest BCUT2D eigenvalue weighted by Gasteiger charge is -2.36. The molecule has 0 saturated carbocycles. The van der Waals surface area contributed by atoms with Gasteiger partial charge in [-0.2, -0.15) is 13.2 Å². The van der Waals surface area contributed by atoms with Gasteiger partial charge in [0.15, 0.2) is 5.78 Å². The molecule has 148 valence electrons. The van der Waals surface area contributed by atoms with Crippen LogP contribution in [-0.4, -0.2) is 5.78 Å². The third-order valence-electron chi connectivity index (χ3n) is 6.12. The summed E-state index contributed by atoms with van der Waals surface area (Å²) in [7, 11) is 0. The highest BCUT2D eigenvalue weighted by molar-refractivity contribution is 6.22. The van der Waals surface area contributed by atoms with Gasteiger partial charge in [0.25, 0.3) is 0 Å². The van der Waals surface area contributed by atoms with Crippen molar-refractivity contribution in [2.24, 2.45) is 0 Å². The topological polar surface area (TPSA) is 17.1 Å². The van der Waals surface area contributed by atoms with Gasteiger partial charge in [0.1, 0.15) is 5.41 Å². The van der Waals surface area contributed by atoms with E-state index in [1.807, 2.05) is 61.5 Å². The van der Waals surface area contributed by atoms with Gasteiger partial charge in [-0.3, -0.25) is 4.79 Å². The minimum atomic E-state index is -4.49. The number of carbonyl (C=O) groups excluding carboxylic acids is 1. The zero-order valence-electron chi connectivity index (χ0n) is 16.1. The number of halogens is 3. The first kappa shape index (κ1) is 18.6. The van der Waals surface area contributed by atoms with Crippen LogP contribution < -0.4 is 0 Å². The fourth-order valence-corrected chi connectivity index (χ4v) is 4.89. The van der Waals surface area contributed by atoms with E-state index in [-0.39, 0.29) is 5.78 Å². The lowest BCUT2D eigenvalue weighted by atomic mass is 9.63. The van der Waals surface area contributed by atoms with Gasteiger partial charge < -0.3 is 0 Å². The van der Waals surface area contributed by atoms with E-state index < -0.39 is 17.2 Å². The molecule has 0 aromatic heterocycles. The van der Waals surface area contributed by atoms with Crippen molar-refractivity contribution in [1.82, 2.24) is 0 Å². The highest BCUT2D eigenvalue weighted by atomic mass is 19.4. The van der Waals surface area contributed by atoms with E-state index in [0.29, 0.717) is 16.7 Å². The Kier molecular flexibility index (Phi) is 3.91. The van der Waals surface area contributed by atoms with E-state index in [4.69, 9.17) is 0 Å². The van der Waals surface area contributed by atoms with Crippen LogP contribution in [-0.2, 0) is 16.4 Å². The summed E-state index contributed by atoms with van der Waals surface area (Å²) in [4.78, 5) is 13.6. The van der Waals surface area contributed by atoms with Crippen molar-refractivity contribution in [1.29, 1.82) is 0 Å². The molecular formula is C26H17F3O. The van der Waals surface area contributed by atoms with Crippen molar-refractivity contribution in [3.8, 4) is 0 Å². The first-order valence-corrected chi connectivity index (χ1v) is 9.66. The molecular weight excluding hydrogens is 385 g/mol. The molecule has 0 amide bonds. The smallest absolute Gasteiger partial charge is 0.293 e. The van der Waals surface area contributed by atoms with Crippen LogP contribution in [0.4, 0.5) is 13.2 Å². The molecule has 0 aliphatic heterocycles. The quantitative estimate of drug-likeness (QED) is 0.452. The molecule has 0 fully saturated rings. The second-order valence-corrected chi connectivity index (χ2v) is 7.66. The fourth-order valence-electron chi connectivity index (χ4n) is 4.89. The predicted molar refractivity (Wildman–Crippen MR) is 112 cm³/mol. The normalized spacial score (nSPS) is 19.9. The Hall–Kier alpha value is -3.40. The van der Waals surface area contributed by atoms with E-state index >= 15 is 0 Å². The number of alkyl halides is 3. The van der Waals surface area contributed by atoms with E-state index in [1.54, 1.807) is 6.08 Å². The molecule has 4 heteroatoms. The predicted octanol–water partition coefficient (Wildman–Crippen LogP) is 6.53. The number of ketones is 1. The summed E-state index contributed by atoms with van der Waals surface area (Å²) in [6.45, 7) is 1.89. The van der Waals surface area contributed by atoms with Crippen molar-refractivity contribution in [2.45, 2.75) is 18.5 Å². The molecule has 3 aromatic rings. The lowest BCUT2D eigenvalue weighted by molar-refractivity contribution is -0.137. The van der Waals surface area contributed by atoms with Gasteiger partial charge in [0, 0.05) is 0 Å². The van der Waals surface area contributed by atoms with Crippen LogP contribution in [0.2, 0.25) is 0 Å². The van der Waals surface area contributed by atoms with Gasteiger partial charge in [-0.15, -0.1) is 0 Å². The van der Waals surface area contributed by atoms with E-state index in [2.05, 4.69) is 0 Å². The zero-order chi connectivity index (χ0) is 21.1. The average Bonchev–Trinajstić information content (AvgIpc) is 3.00. The van der Waals surface area contributed by atoms with Gasteiger partial charge in [-0.25, -0.2) is 0 Å². The summed E-state index contributed by atoms with van der Waals surface area (Å²) >= 11 is 0. The van der Waals surface area contributed by atoms with Crippen LogP contribution in [0.1, 0.15) is 40.3 Å². The molecule has 3 aromatic carbocycles. The van der Waals surface area contributed by atoms with Crippen molar-refractivity contribution < 1.29 is 18.0 Å². The Balaban J connectivity index is 1.93. The molecule has 2 aliphatic rings. The largest absolute Gasteiger partial charge is 0.416 e. The molecule has 1 atom stereocenters.